The van der Waals surface area contributed by atoms with E-state index in [1.54, 1.807) is 42.5 Å². The lowest BCUT2D eigenvalue weighted by molar-refractivity contribution is 0.0940. The van der Waals surface area contributed by atoms with Gasteiger partial charge in [-0.3, -0.25) is 14.7 Å². The molecule has 1 aromatic heterocycles. The van der Waals surface area contributed by atoms with Crippen molar-refractivity contribution in [2.45, 2.75) is 6.61 Å². The van der Waals surface area contributed by atoms with Crippen molar-refractivity contribution < 1.29 is 9.53 Å². The van der Waals surface area contributed by atoms with Crippen LogP contribution in [0.3, 0.4) is 0 Å². The van der Waals surface area contributed by atoms with E-state index in [1.165, 1.54) is 6.07 Å². The predicted octanol–water partition coefficient (Wildman–Crippen LogP) is 4.49. The Morgan fingerprint density at radius 1 is 1.15 bits per heavy atom. The highest BCUT2D eigenvalue weighted by molar-refractivity contribution is 7.78. The zero-order chi connectivity index (χ0) is 19.4. The first-order valence-corrected chi connectivity index (χ1v) is 8.75. The number of nitrogens with one attached hydrogen (secondary N) is 1. The number of rotatable bonds is 5. The minimum absolute atomic E-state index is 0.0362. The summed E-state index contributed by atoms with van der Waals surface area (Å²) in [4.78, 5) is 28.4. The number of halogens is 2. The molecule has 2 aromatic carbocycles. The summed E-state index contributed by atoms with van der Waals surface area (Å²) in [6, 6.07) is 12.4. The lowest BCUT2D eigenvalue weighted by Gasteiger charge is -2.06. The van der Waals surface area contributed by atoms with Crippen molar-refractivity contribution in [2.75, 3.05) is 0 Å². The van der Waals surface area contributed by atoms with E-state index in [9.17, 15) is 9.59 Å². The summed E-state index contributed by atoms with van der Waals surface area (Å²) in [7, 11) is 0. The van der Waals surface area contributed by atoms with Crippen molar-refractivity contribution in [1.29, 1.82) is 0 Å². The molecule has 136 valence electrons. The topological polar surface area (TPSA) is 76.4 Å². The SMILES string of the molecule is O=C(c1ccc(N=C=S)cc1)n1[nH]c(COc2cc(Cl)cc(Cl)c2)cc1=O. The van der Waals surface area contributed by atoms with Gasteiger partial charge in [0.05, 0.1) is 16.5 Å². The standard InChI is InChI=1S/C18H11Cl2N3O3S/c19-12-5-13(20)7-16(6-12)26-9-15-8-17(24)23(22-15)18(25)11-1-3-14(4-2-11)21-10-27/h1-8,22H,9H2. The molecule has 0 saturated heterocycles. The van der Waals surface area contributed by atoms with Gasteiger partial charge in [0.15, 0.2) is 0 Å². The molecule has 0 unspecified atom stereocenters. The first kappa shape index (κ1) is 19.1. The molecule has 0 aliphatic rings. The molecule has 0 radical (unpaired) electrons. The highest BCUT2D eigenvalue weighted by Gasteiger charge is 2.13. The van der Waals surface area contributed by atoms with Crippen molar-refractivity contribution in [2.24, 2.45) is 4.99 Å². The number of benzene rings is 2. The lowest BCUT2D eigenvalue weighted by atomic mass is 10.2. The second-order valence-corrected chi connectivity index (χ2v) is 6.46. The Balaban J connectivity index is 1.76. The van der Waals surface area contributed by atoms with Crippen molar-refractivity contribution in [3.63, 3.8) is 0 Å². The van der Waals surface area contributed by atoms with Gasteiger partial charge in [-0.2, -0.15) is 9.67 Å². The monoisotopic (exact) mass is 419 g/mol. The van der Waals surface area contributed by atoms with E-state index in [0.717, 1.165) is 4.68 Å². The van der Waals surface area contributed by atoms with E-state index in [-0.39, 0.29) is 6.61 Å². The second-order valence-electron chi connectivity index (χ2n) is 5.40. The molecule has 0 spiro atoms. The van der Waals surface area contributed by atoms with Crippen LogP contribution >= 0.6 is 35.4 Å². The number of nitrogens with zero attached hydrogens (tertiary/aromatic N) is 2. The summed E-state index contributed by atoms with van der Waals surface area (Å²) >= 11 is 16.4. The van der Waals surface area contributed by atoms with Gasteiger partial charge in [-0.1, -0.05) is 23.2 Å². The minimum atomic E-state index is -0.505. The number of aromatic nitrogens is 2. The first-order chi connectivity index (χ1) is 13.0. The third-order valence-electron chi connectivity index (χ3n) is 3.50. The Labute approximate surface area is 169 Å². The van der Waals surface area contributed by atoms with E-state index in [2.05, 4.69) is 27.5 Å². The van der Waals surface area contributed by atoms with Crippen molar-refractivity contribution >= 4 is 52.2 Å². The van der Waals surface area contributed by atoms with E-state index in [0.29, 0.717) is 32.7 Å². The van der Waals surface area contributed by atoms with Gasteiger partial charge < -0.3 is 4.74 Å². The van der Waals surface area contributed by atoms with Crippen LogP contribution in [0.4, 0.5) is 5.69 Å². The van der Waals surface area contributed by atoms with Gasteiger partial charge in [0.25, 0.3) is 11.5 Å². The zero-order valence-electron chi connectivity index (χ0n) is 13.6. The molecule has 0 bridgehead atoms. The number of H-pyrrole nitrogens is 1. The maximum atomic E-state index is 12.5. The van der Waals surface area contributed by atoms with Crippen LogP contribution in [0.5, 0.6) is 5.75 Å². The molecule has 0 fully saturated rings. The molecule has 0 atom stereocenters. The van der Waals surface area contributed by atoms with Crippen molar-refractivity contribution in [1.82, 2.24) is 9.78 Å². The highest BCUT2D eigenvalue weighted by Crippen LogP contribution is 2.24. The summed E-state index contributed by atoms with van der Waals surface area (Å²) < 4.78 is 6.46. The second kappa shape index (κ2) is 8.33. The molecule has 0 saturated carbocycles. The number of hydrogen-bond donors (Lipinski definition) is 1. The van der Waals surface area contributed by atoms with Crippen molar-refractivity contribution in [3.8, 4) is 5.75 Å². The molecular weight excluding hydrogens is 409 g/mol. The Morgan fingerprint density at radius 3 is 2.44 bits per heavy atom. The molecule has 1 N–H and O–H groups in total. The summed E-state index contributed by atoms with van der Waals surface area (Å²) in [5, 5.41) is 5.83. The van der Waals surface area contributed by atoms with Crippen LogP contribution in [0.2, 0.25) is 10.0 Å². The zero-order valence-corrected chi connectivity index (χ0v) is 15.9. The molecule has 9 heteroatoms. The van der Waals surface area contributed by atoms with Gasteiger partial charge >= 0.3 is 0 Å². The number of carbonyl (C=O) groups is 1. The fraction of sp³-hybridized carbons (Fsp3) is 0.0556. The van der Waals surface area contributed by atoms with Gasteiger partial charge in [-0.25, -0.2) is 0 Å². The van der Waals surface area contributed by atoms with E-state index < -0.39 is 11.5 Å². The van der Waals surface area contributed by atoms with Crippen molar-refractivity contribution in [3.05, 3.63) is 80.2 Å². The number of carbonyl (C=O) groups excluding carboxylic acids is 1. The summed E-state index contributed by atoms with van der Waals surface area (Å²) in [6.45, 7) is 0.0362. The van der Waals surface area contributed by atoms with Crippen LogP contribution in [0.15, 0.2) is 58.3 Å². The van der Waals surface area contributed by atoms with Crippen LogP contribution in [-0.2, 0) is 6.61 Å². The molecular formula is C18H11Cl2N3O3S. The van der Waals surface area contributed by atoms with Gasteiger partial charge in [0.1, 0.15) is 12.4 Å². The predicted molar refractivity (Wildman–Crippen MR) is 107 cm³/mol. The average molecular weight is 420 g/mol. The summed E-state index contributed by atoms with van der Waals surface area (Å²) in [5.74, 6) is -0.0583. The maximum absolute atomic E-state index is 12.5. The molecule has 3 rings (SSSR count). The molecule has 1 heterocycles. The van der Waals surface area contributed by atoms with Gasteiger partial charge in [0, 0.05) is 21.7 Å². The van der Waals surface area contributed by atoms with E-state index >= 15 is 0 Å². The highest BCUT2D eigenvalue weighted by atomic mass is 35.5. The molecule has 0 aliphatic heterocycles. The Morgan fingerprint density at radius 2 is 1.81 bits per heavy atom. The van der Waals surface area contributed by atoms with Crippen LogP contribution in [0.1, 0.15) is 16.1 Å². The Bertz CT molecular complexity index is 1080. The fourth-order valence-electron chi connectivity index (χ4n) is 2.30. The van der Waals surface area contributed by atoms with Crippen LogP contribution in [-0.4, -0.2) is 20.8 Å². The third-order valence-corrected chi connectivity index (χ3v) is 4.02. The van der Waals surface area contributed by atoms with Gasteiger partial charge in [-0.05, 0) is 54.7 Å². The molecule has 0 aliphatic carbocycles. The number of aromatic amines is 1. The fourth-order valence-corrected chi connectivity index (χ4v) is 2.91. The third kappa shape index (κ3) is 4.72. The molecule has 6 nitrogen and oxygen atoms in total. The van der Waals surface area contributed by atoms with Crippen LogP contribution in [0, 0.1) is 0 Å². The van der Waals surface area contributed by atoms with Gasteiger partial charge in [0.2, 0.25) is 0 Å². The van der Waals surface area contributed by atoms with E-state index in [4.69, 9.17) is 27.9 Å². The average Bonchev–Trinajstić information content (AvgIpc) is 3.00. The molecule has 0 amide bonds. The smallest absolute Gasteiger partial charge is 0.279 e. The van der Waals surface area contributed by atoms with Crippen LogP contribution < -0.4 is 10.3 Å². The summed E-state index contributed by atoms with van der Waals surface area (Å²) in [5.41, 5.74) is 0.807. The minimum Gasteiger partial charge on any atom is -0.487 e. The maximum Gasteiger partial charge on any atom is 0.279 e. The van der Waals surface area contributed by atoms with E-state index in [1.807, 2.05) is 0 Å². The Kier molecular flexibility index (Phi) is 5.88. The Hall–Kier alpha value is -2.70. The number of isothiocyanates is 1. The van der Waals surface area contributed by atoms with Gasteiger partial charge in [-0.15, -0.1) is 0 Å². The molecule has 27 heavy (non-hydrogen) atoms. The normalized spacial score (nSPS) is 10.3. The largest absolute Gasteiger partial charge is 0.487 e. The lowest BCUT2D eigenvalue weighted by Crippen LogP contribution is -2.24. The van der Waals surface area contributed by atoms with Crippen LogP contribution in [0.25, 0.3) is 0 Å². The number of ether oxygens (including phenoxy) is 1. The first-order valence-electron chi connectivity index (χ1n) is 7.59. The number of aliphatic imine (C=N–C) groups is 1. The number of hydrogen-bond acceptors (Lipinski definition) is 5. The molecule has 3 aromatic rings. The quantitative estimate of drug-likeness (QED) is 0.488. The summed E-state index contributed by atoms with van der Waals surface area (Å²) in [6.07, 6.45) is 0. The number of thiocarbonyl (C=S) groups is 1.